The van der Waals surface area contributed by atoms with Crippen LogP contribution in [-0.2, 0) is 18.4 Å². The SMILES string of the molecule is Oc1ccc2c3c1O[C@H]1[C@@]4(CC[C@H]4NCc4ncccc4F)CC[C@@]4(O)[C@@H](C2)N(CC2CC2)CC[C@]314. The van der Waals surface area contributed by atoms with Crippen molar-refractivity contribution < 1.29 is 19.3 Å². The lowest BCUT2D eigenvalue weighted by molar-refractivity contribution is -0.236. The Hall–Kier alpha value is -2.22. The van der Waals surface area contributed by atoms with Gasteiger partial charge in [-0.05, 0) is 87.6 Å². The molecule has 0 unspecified atom stereocenters. The van der Waals surface area contributed by atoms with E-state index in [9.17, 15) is 14.6 Å². The monoisotopic (exact) mass is 491 g/mol. The number of aromatic nitrogens is 1. The van der Waals surface area contributed by atoms with E-state index in [1.54, 1.807) is 18.3 Å². The normalized spacial score (nSPS) is 40.0. The summed E-state index contributed by atoms with van der Waals surface area (Å²) in [4.78, 5) is 6.81. The maximum atomic E-state index is 14.3. The summed E-state index contributed by atoms with van der Waals surface area (Å²) in [5.74, 6) is 1.28. The molecule has 1 aromatic heterocycles. The van der Waals surface area contributed by atoms with Gasteiger partial charge in [-0.1, -0.05) is 6.07 Å². The zero-order valence-electron chi connectivity index (χ0n) is 20.5. The second-order valence-electron chi connectivity index (χ2n) is 12.4. The lowest BCUT2D eigenvalue weighted by Crippen LogP contribution is -2.80. The Morgan fingerprint density at radius 1 is 1.14 bits per heavy atom. The summed E-state index contributed by atoms with van der Waals surface area (Å²) in [5.41, 5.74) is 1.23. The summed E-state index contributed by atoms with van der Waals surface area (Å²) in [6, 6.07) is 7.17. The van der Waals surface area contributed by atoms with Crippen molar-refractivity contribution in [3.05, 3.63) is 53.1 Å². The molecule has 6 aliphatic rings. The van der Waals surface area contributed by atoms with Crippen molar-refractivity contribution in [2.75, 3.05) is 13.1 Å². The number of aromatic hydroxyl groups is 1. The molecule has 3 N–H and O–H groups in total. The number of fused-ring (bicyclic) bond motifs is 1. The molecule has 1 saturated heterocycles. The second kappa shape index (κ2) is 7.21. The number of rotatable bonds is 5. The van der Waals surface area contributed by atoms with Gasteiger partial charge in [0, 0.05) is 42.3 Å². The highest BCUT2D eigenvalue weighted by molar-refractivity contribution is 5.63. The Balaban J connectivity index is 1.19. The van der Waals surface area contributed by atoms with Gasteiger partial charge in [-0.25, -0.2) is 4.39 Å². The van der Waals surface area contributed by atoms with Crippen molar-refractivity contribution in [1.29, 1.82) is 0 Å². The molecule has 6 nitrogen and oxygen atoms in total. The van der Waals surface area contributed by atoms with Crippen LogP contribution < -0.4 is 10.1 Å². The molecule has 6 atom stereocenters. The summed E-state index contributed by atoms with van der Waals surface area (Å²) >= 11 is 0. The number of ether oxygens (including phenoxy) is 1. The predicted molar refractivity (Wildman–Crippen MR) is 131 cm³/mol. The highest BCUT2D eigenvalue weighted by atomic mass is 19.1. The largest absolute Gasteiger partial charge is 0.504 e. The van der Waals surface area contributed by atoms with E-state index in [0.29, 0.717) is 18.0 Å². The minimum absolute atomic E-state index is 0.0902. The van der Waals surface area contributed by atoms with Gasteiger partial charge in [-0.15, -0.1) is 0 Å². The van der Waals surface area contributed by atoms with E-state index in [1.807, 2.05) is 0 Å². The van der Waals surface area contributed by atoms with Crippen LogP contribution in [0.1, 0.15) is 61.8 Å². The van der Waals surface area contributed by atoms with Crippen molar-refractivity contribution in [1.82, 2.24) is 15.2 Å². The number of likely N-dealkylation sites (tertiary alicyclic amines) is 1. The highest BCUT2D eigenvalue weighted by Crippen LogP contribution is 2.71. The Morgan fingerprint density at radius 2 is 2.03 bits per heavy atom. The van der Waals surface area contributed by atoms with Gasteiger partial charge in [0.15, 0.2) is 11.5 Å². The van der Waals surface area contributed by atoms with E-state index >= 15 is 0 Å². The third-order valence-corrected chi connectivity index (χ3v) is 11.0. The van der Waals surface area contributed by atoms with Crippen LogP contribution in [0.25, 0.3) is 0 Å². The predicted octanol–water partition coefficient (Wildman–Crippen LogP) is 3.43. The van der Waals surface area contributed by atoms with E-state index in [1.165, 1.54) is 24.5 Å². The smallest absolute Gasteiger partial charge is 0.165 e. The molecule has 36 heavy (non-hydrogen) atoms. The van der Waals surface area contributed by atoms with Crippen LogP contribution in [0.4, 0.5) is 4.39 Å². The molecule has 0 amide bonds. The lowest BCUT2D eigenvalue weighted by Gasteiger charge is -2.69. The number of nitrogens with one attached hydrogen (secondary N) is 1. The fourth-order valence-corrected chi connectivity index (χ4v) is 8.99. The second-order valence-corrected chi connectivity index (χ2v) is 12.4. The van der Waals surface area contributed by atoms with Crippen molar-refractivity contribution in [2.45, 2.75) is 87.1 Å². The maximum absolute atomic E-state index is 14.3. The number of phenolic OH excluding ortho intramolecular Hbond substituents is 1. The van der Waals surface area contributed by atoms with Gasteiger partial charge >= 0.3 is 0 Å². The number of pyridine rings is 1. The Labute approximate surface area is 210 Å². The fourth-order valence-electron chi connectivity index (χ4n) is 8.99. The fraction of sp³-hybridized carbons (Fsp3) is 0.621. The van der Waals surface area contributed by atoms with E-state index in [2.05, 4.69) is 21.3 Å². The number of hydrogen-bond acceptors (Lipinski definition) is 6. The lowest BCUT2D eigenvalue weighted by atomic mass is 9.40. The van der Waals surface area contributed by atoms with Crippen molar-refractivity contribution in [3.8, 4) is 11.5 Å². The van der Waals surface area contributed by atoms with Gasteiger partial charge < -0.3 is 20.3 Å². The molecule has 3 heterocycles. The molecule has 2 aliphatic heterocycles. The molecular weight excluding hydrogens is 457 g/mol. The minimum atomic E-state index is -0.866. The van der Waals surface area contributed by atoms with Crippen LogP contribution in [0.2, 0.25) is 0 Å². The summed E-state index contributed by atoms with van der Waals surface area (Å²) in [5, 5.41) is 27.2. The molecule has 8 rings (SSSR count). The van der Waals surface area contributed by atoms with Gasteiger partial charge in [-0.3, -0.25) is 9.88 Å². The van der Waals surface area contributed by atoms with Crippen molar-refractivity contribution in [2.24, 2.45) is 11.3 Å². The molecule has 190 valence electrons. The molecule has 4 fully saturated rings. The Morgan fingerprint density at radius 3 is 2.81 bits per heavy atom. The third kappa shape index (κ3) is 2.59. The van der Waals surface area contributed by atoms with Gasteiger partial charge in [0.2, 0.25) is 0 Å². The van der Waals surface area contributed by atoms with Crippen LogP contribution in [-0.4, -0.2) is 57.0 Å². The van der Waals surface area contributed by atoms with E-state index < -0.39 is 11.0 Å². The van der Waals surface area contributed by atoms with Crippen LogP contribution in [0.5, 0.6) is 11.5 Å². The Kier molecular flexibility index (Phi) is 4.37. The average molecular weight is 492 g/mol. The van der Waals surface area contributed by atoms with Crippen LogP contribution >= 0.6 is 0 Å². The molecule has 7 heteroatoms. The number of piperidine rings is 1. The quantitative estimate of drug-likeness (QED) is 0.595. The summed E-state index contributed by atoms with van der Waals surface area (Å²) in [7, 11) is 0. The van der Waals surface area contributed by atoms with E-state index in [0.717, 1.165) is 63.1 Å². The molecule has 2 bridgehead atoms. The van der Waals surface area contributed by atoms with Crippen molar-refractivity contribution in [3.63, 3.8) is 0 Å². The zero-order chi connectivity index (χ0) is 24.3. The zero-order valence-corrected chi connectivity index (χ0v) is 20.5. The molecule has 3 saturated carbocycles. The number of nitrogens with zero attached hydrogens (tertiary/aromatic N) is 2. The molecule has 4 aliphatic carbocycles. The highest BCUT2D eigenvalue weighted by Gasteiger charge is 2.77. The van der Waals surface area contributed by atoms with Crippen LogP contribution in [0, 0.1) is 17.2 Å². The van der Waals surface area contributed by atoms with E-state index in [4.69, 9.17) is 4.74 Å². The van der Waals surface area contributed by atoms with Gasteiger partial charge in [-0.2, -0.15) is 0 Å². The first-order valence-electron chi connectivity index (χ1n) is 13.8. The standard InChI is InChI=1S/C29H34FN3O3/c30-19-2-1-12-31-20(19)15-32-22-7-8-27(22)9-10-29(35)23-14-18-5-6-21(34)25-24(18)28(29,26(27)36-25)11-13-33(23)16-17-3-4-17/h1-2,5-6,12,17,22-23,26,32,34-35H,3-4,7-11,13-16H2/t22-,23-,26+,27+,28+,29-/m1/s1. The first-order valence-corrected chi connectivity index (χ1v) is 13.8. The minimum Gasteiger partial charge on any atom is -0.504 e. The molecular formula is C29H34FN3O3. The van der Waals surface area contributed by atoms with Gasteiger partial charge in [0.05, 0.1) is 16.7 Å². The van der Waals surface area contributed by atoms with Crippen molar-refractivity contribution >= 4 is 0 Å². The number of aliphatic hydroxyl groups is 1. The average Bonchev–Trinajstić information content (AvgIpc) is 3.60. The molecule has 2 spiro atoms. The Bertz CT molecular complexity index is 1250. The summed E-state index contributed by atoms with van der Waals surface area (Å²) < 4.78 is 21.1. The molecule has 1 aromatic carbocycles. The van der Waals surface area contributed by atoms with E-state index in [-0.39, 0.29) is 35.2 Å². The maximum Gasteiger partial charge on any atom is 0.165 e. The first-order chi connectivity index (χ1) is 17.5. The number of halogens is 1. The van der Waals surface area contributed by atoms with Gasteiger partial charge in [0.1, 0.15) is 11.9 Å². The number of hydrogen-bond donors (Lipinski definition) is 3. The molecule has 0 radical (unpaired) electrons. The summed E-state index contributed by atoms with van der Waals surface area (Å²) in [6.07, 6.45) is 9.33. The van der Waals surface area contributed by atoms with Gasteiger partial charge in [0.25, 0.3) is 0 Å². The molecule has 2 aromatic rings. The third-order valence-electron chi connectivity index (χ3n) is 11.0. The van der Waals surface area contributed by atoms with Crippen LogP contribution in [0.3, 0.4) is 0 Å². The first kappa shape index (κ1) is 21.8. The number of benzene rings is 1. The van der Waals surface area contributed by atoms with Crippen LogP contribution in [0.15, 0.2) is 30.5 Å². The topological polar surface area (TPSA) is 77.8 Å². The number of phenols is 1. The summed E-state index contributed by atoms with van der Waals surface area (Å²) in [6.45, 7) is 2.43.